The summed E-state index contributed by atoms with van der Waals surface area (Å²) >= 11 is 0. The molecule has 6 nitrogen and oxygen atoms in total. The van der Waals surface area contributed by atoms with Crippen LogP contribution in [0, 0.1) is 17.0 Å². The van der Waals surface area contributed by atoms with E-state index in [0.29, 0.717) is 23.7 Å². The van der Waals surface area contributed by atoms with Gasteiger partial charge in [0.2, 0.25) is 5.91 Å². The van der Waals surface area contributed by atoms with Crippen molar-refractivity contribution >= 4 is 17.3 Å². The fraction of sp³-hybridized carbons (Fsp3) is 0.500. The lowest BCUT2D eigenvalue weighted by Gasteiger charge is -2.10. The molecule has 0 bridgehead atoms. The Hall–Kier alpha value is -1.95. The van der Waals surface area contributed by atoms with Crippen LogP contribution < -0.4 is 10.6 Å². The quantitative estimate of drug-likeness (QED) is 0.456. The van der Waals surface area contributed by atoms with Gasteiger partial charge in [-0.1, -0.05) is 19.9 Å². The van der Waals surface area contributed by atoms with E-state index in [0.717, 1.165) is 13.0 Å². The van der Waals surface area contributed by atoms with Crippen LogP contribution in [0.15, 0.2) is 18.2 Å². The molecule has 0 saturated carbocycles. The summed E-state index contributed by atoms with van der Waals surface area (Å²) in [6.07, 6.45) is 1.12. The third-order valence-corrected chi connectivity index (χ3v) is 2.91. The Bertz CT molecular complexity index is 487. The maximum absolute atomic E-state index is 11.8. The number of amides is 1. The number of hydrogen-bond donors (Lipinski definition) is 2. The Morgan fingerprint density at radius 2 is 2.10 bits per heavy atom. The first-order valence-corrected chi connectivity index (χ1v) is 6.69. The highest BCUT2D eigenvalue weighted by molar-refractivity contribution is 5.92. The average molecular weight is 279 g/mol. The minimum Gasteiger partial charge on any atom is -0.326 e. The molecule has 0 fully saturated rings. The molecule has 0 unspecified atom stereocenters. The van der Waals surface area contributed by atoms with Crippen LogP contribution in [0.25, 0.3) is 0 Å². The number of nitro groups is 1. The first-order chi connectivity index (χ1) is 9.41. The van der Waals surface area contributed by atoms with Crippen LogP contribution in [0.1, 0.15) is 32.3 Å². The second-order valence-corrected chi connectivity index (χ2v) is 4.97. The molecule has 1 rings (SSSR count). The van der Waals surface area contributed by atoms with Crippen LogP contribution in [0.5, 0.6) is 0 Å². The molecular formula is C14H21N3O3. The Labute approximate surface area is 118 Å². The van der Waals surface area contributed by atoms with Crippen LogP contribution in [-0.2, 0) is 4.79 Å². The lowest BCUT2D eigenvalue weighted by Crippen LogP contribution is -2.24. The molecule has 0 atom stereocenters. The van der Waals surface area contributed by atoms with E-state index < -0.39 is 4.92 Å². The summed E-state index contributed by atoms with van der Waals surface area (Å²) in [4.78, 5) is 22.2. The molecule has 110 valence electrons. The summed E-state index contributed by atoms with van der Waals surface area (Å²) in [6.45, 7) is 6.51. The Balaban J connectivity index is 2.54. The monoisotopic (exact) mass is 279 g/mol. The summed E-state index contributed by atoms with van der Waals surface area (Å²) in [5.74, 6) is -0.126. The molecule has 0 saturated heterocycles. The maximum Gasteiger partial charge on any atom is 0.274 e. The SMILES string of the molecule is Cc1c(NC(=O)CCCNC(C)C)cccc1[N+](=O)[O-]. The maximum atomic E-state index is 11.8. The predicted molar refractivity (Wildman–Crippen MR) is 78.8 cm³/mol. The number of rotatable bonds is 7. The van der Waals surface area contributed by atoms with E-state index in [9.17, 15) is 14.9 Å². The molecule has 1 amide bonds. The largest absolute Gasteiger partial charge is 0.326 e. The number of hydrogen-bond acceptors (Lipinski definition) is 4. The lowest BCUT2D eigenvalue weighted by molar-refractivity contribution is -0.385. The molecule has 1 aromatic carbocycles. The van der Waals surface area contributed by atoms with Crippen molar-refractivity contribution < 1.29 is 9.72 Å². The van der Waals surface area contributed by atoms with Gasteiger partial charge in [-0.3, -0.25) is 14.9 Å². The number of nitro benzene ring substituents is 1. The van der Waals surface area contributed by atoms with Crippen molar-refractivity contribution in [3.05, 3.63) is 33.9 Å². The first-order valence-electron chi connectivity index (χ1n) is 6.69. The zero-order chi connectivity index (χ0) is 15.1. The van der Waals surface area contributed by atoms with E-state index in [2.05, 4.69) is 10.6 Å². The highest BCUT2D eigenvalue weighted by Gasteiger charge is 2.14. The van der Waals surface area contributed by atoms with Crippen molar-refractivity contribution in [2.45, 2.75) is 39.7 Å². The van der Waals surface area contributed by atoms with E-state index in [1.807, 2.05) is 13.8 Å². The molecular weight excluding hydrogens is 258 g/mol. The fourth-order valence-electron chi connectivity index (χ4n) is 1.81. The Kier molecular flexibility index (Phi) is 6.11. The summed E-state index contributed by atoms with van der Waals surface area (Å²) in [5.41, 5.74) is 0.997. The van der Waals surface area contributed by atoms with Gasteiger partial charge in [0.25, 0.3) is 5.69 Å². The zero-order valence-corrected chi connectivity index (χ0v) is 12.1. The fourth-order valence-corrected chi connectivity index (χ4v) is 1.81. The highest BCUT2D eigenvalue weighted by atomic mass is 16.6. The summed E-state index contributed by atoms with van der Waals surface area (Å²) in [5, 5.41) is 16.8. The van der Waals surface area contributed by atoms with Crippen LogP contribution in [-0.4, -0.2) is 23.4 Å². The lowest BCUT2D eigenvalue weighted by atomic mass is 10.1. The minimum atomic E-state index is -0.447. The van der Waals surface area contributed by atoms with Crippen LogP contribution >= 0.6 is 0 Å². The molecule has 0 aliphatic rings. The Morgan fingerprint density at radius 3 is 2.70 bits per heavy atom. The van der Waals surface area contributed by atoms with Gasteiger partial charge in [-0.05, 0) is 26.0 Å². The zero-order valence-electron chi connectivity index (χ0n) is 12.1. The van der Waals surface area contributed by atoms with Gasteiger partial charge in [-0.2, -0.15) is 0 Å². The van der Waals surface area contributed by atoms with Gasteiger partial charge in [-0.15, -0.1) is 0 Å². The summed E-state index contributed by atoms with van der Waals surface area (Å²) in [7, 11) is 0. The molecule has 0 aliphatic carbocycles. The molecule has 0 aromatic heterocycles. The van der Waals surface area contributed by atoms with E-state index >= 15 is 0 Å². The summed E-state index contributed by atoms with van der Waals surface area (Å²) in [6, 6.07) is 5.07. The van der Waals surface area contributed by atoms with Gasteiger partial charge < -0.3 is 10.6 Å². The van der Waals surface area contributed by atoms with E-state index in [1.165, 1.54) is 6.07 Å². The number of nitrogens with zero attached hydrogens (tertiary/aromatic N) is 1. The van der Waals surface area contributed by atoms with E-state index in [-0.39, 0.29) is 11.6 Å². The topological polar surface area (TPSA) is 84.3 Å². The number of carbonyl (C=O) groups is 1. The molecule has 20 heavy (non-hydrogen) atoms. The van der Waals surface area contributed by atoms with Crippen molar-refractivity contribution in [3.8, 4) is 0 Å². The van der Waals surface area contributed by atoms with Crippen LogP contribution in [0.3, 0.4) is 0 Å². The molecule has 0 radical (unpaired) electrons. The van der Waals surface area contributed by atoms with Gasteiger partial charge in [0.15, 0.2) is 0 Å². The molecule has 0 heterocycles. The molecule has 0 aliphatic heterocycles. The van der Waals surface area contributed by atoms with E-state index in [4.69, 9.17) is 0 Å². The standard InChI is InChI=1S/C14H21N3O3/c1-10(2)15-9-5-8-14(18)16-12-6-4-7-13(11(12)3)17(19)20/h4,6-7,10,15H,5,8-9H2,1-3H3,(H,16,18). The highest BCUT2D eigenvalue weighted by Crippen LogP contribution is 2.25. The van der Waals surface area contributed by atoms with Gasteiger partial charge >= 0.3 is 0 Å². The molecule has 2 N–H and O–H groups in total. The van der Waals surface area contributed by atoms with Gasteiger partial charge in [0, 0.05) is 18.5 Å². The number of carbonyl (C=O) groups excluding carboxylic acids is 1. The third kappa shape index (κ3) is 4.97. The summed E-state index contributed by atoms with van der Waals surface area (Å²) < 4.78 is 0. The predicted octanol–water partition coefficient (Wildman–Crippen LogP) is 2.62. The van der Waals surface area contributed by atoms with Gasteiger partial charge in [-0.25, -0.2) is 0 Å². The van der Waals surface area contributed by atoms with Gasteiger partial charge in [0.1, 0.15) is 0 Å². The molecule has 6 heteroatoms. The normalized spacial score (nSPS) is 10.6. The second kappa shape index (κ2) is 7.59. The van der Waals surface area contributed by atoms with Crippen molar-refractivity contribution in [2.75, 3.05) is 11.9 Å². The van der Waals surface area contributed by atoms with Gasteiger partial charge in [0.05, 0.1) is 16.2 Å². The number of anilines is 1. The average Bonchev–Trinajstić information content (AvgIpc) is 2.36. The number of benzene rings is 1. The van der Waals surface area contributed by atoms with Crippen LogP contribution in [0.2, 0.25) is 0 Å². The minimum absolute atomic E-state index is 0.0178. The van der Waals surface area contributed by atoms with Crippen molar-refractivity contribution in [1.82, 2.24) is 5.32 Å². The molecule has 0 spiro atoms. The third-order valence-electron chi connectivity index (χ3n) is 2.91. The number of nitrogens with one attached hydrogen (secondary N) is 2. The van der Waals surface area contributed by atoms with Crippen molar-refractivity contribution in [3.63, 3.8) is 0 Å². The first kappa shape index (κ1) is 16.1. The smallest absolute Gasteiger partial charge is 0.274 e. The van der Waals surface area contributed by atoms with Crippen molar-refractivity contribution in [1.29, 1.82) is 0 Å². The van der Waals surface area contributed by atoms with Crippen LogP contribution in [0.4, 0.5) is 11.4 Å². The molecule has 1 aromatic rings. The Morgan fingerprint density at radius 1 is 1.40 bits per heavy atom. The van der Waals surface area contributed by atoms with E-state index in [1.54, 1.807) is 19.1 Å². The second-order valence-electron chi connectivity index (χ2n) is 4.97. The van der Waals surface area contributed by atoms with Crippen molar-refractivity contribution in [2.24, 2.45) is 0 Å².